The Hall–Kier alpha value is -3.82. The molecule has 1 heterocycles. The van der Waals surface area contributed by atoms with E-state index < -0.39 is 35.6 Å². The lowest BCUT2D eigenvalue weighted by Gasteiger charge is -2.40. The van der Waals surface area contributed by atoms with E-state index in [1.54, 1.807) is 26.8 Å². The van der Waals surface area contributed by atoms with Crippen LogP contribution in [0.25, 0.3) is 0 Å². The molecule has 0 N–H and O–H groups in total. The number of ether oxygens (including phenoxy) is 4. The second-order valence-electron chi connectivity index (χ2n) is 9.75. The van der Waals surface area contributed by atoms with Crippen molar-refractivity contribution in [3.8, 4) is 0 Å². The van der Waals surface area contributed by atoms with E-state index in [-0.39, 0.29) is 37.3 Å². The summed E-state index contributed by atoms with van der Waals surface area (Å²) in [5.74, 6) is -1.71. The minimum absolute atomic E-state index is 0.0328. The highest BCUT2D eigenvalue weighted by atomic mass is 16.6. The maximum atomic E-state index is 13.3. The van der Waals surface area contributed by atoms with E-state index in [2.05, 4.69) is 0 Å². The number of esters is 2. The van der Waals surface area contributed by atoms with Gasteiger partial charge in [0, 0.05) is 12.5 Å². The zero-order valence-corrected chi connectivity index (χ0v) is 21.9. The van der Waals surface area contributed by atoms with Crippen molar-refractivity contribution >= 4 is 24.1 Å². The van der Waals surface area contributed by atoms with Gasteiger partial charge in [-0.2, -0.15) is 0 Å². The Labute approximate surface area is 216 Å². The first-order chi connectivity index (χ1) is 17.6. The Bertz CT molecular complexity index is 1090. The molecule has 37 heavy (non-hydrogen) atoms. The molecule has 2 aliphatic rings. The summed E-state index contributed by atoms with van der Waals surface area (Å²) in [5.41, 5.74) is 1.14. The van der Waals surface area contributed by atoms with Gasteiger partial charge in [0.05, 0.1) is 31.9 Å². The smallest absolute Gasteiger partial charge is 0.429 e. The number of nitrogens with zero attached hydrogens (tertiary/aromatic N) is 2. The summed E-state index contributed by atoms with van der Waals surface area (Å²) >= 11 is 0. The van der Waals surface area contributed by atoms with Crippen molar-refractivity contribution in [3.63, 3.8) is 0 Å². The minimum atomic E-state index is -0.811. The van der Waals surface area contributed by atoms with Gasteiger partial charge in [-0.25, -0.2) is 29.2 Å². The highest BCUT2D eigenvalue weighted by Gasteiger charge is 2.40. The summed E-state index contributed by atoms with van der Waals surface area (Å²) in [6.07, 6.45) is 1.36. The number of benzene rings is 1. The number of carbonyl (C=O) groups excluding carboxylic acids is 4. The van der Waals surface area contributed by atoms with Crippen LogP contribution in [0.4, 0.5) is 9.59 Å². The van der Waals surface area contributed by atoms with Crippen LogP contribution in [0, 0.1) is 5.92 Å². The minimum Gasteiger partial charge on any atom is -0.466 e. The number of hydrazine groups is 1. The van der Waals surface area contributed by atoms with Crippen LogP contribution >= 0.6 is 0 Å². The van der Waals surface area contributed by atoms with E-state index in [9.17, 15) is 19.2 Å². The summed E-state index contributed by atoms with van der Waals surface area (Å²) < 4.78 is 21.0. The molecule has 0 aromatic heterocycles. The maximum absolute atomic E-state index is 13.3. The predicted octanol–water partition coefficient (Wildman–Crippen LogP) is 4.16. The van der Waals surface area contributed by atoms with Gasteiger partial charge in [-0.3, -0.25) is 0 Å². The van der Waals surface area contributed by atoms with E-state index in [0.29, 0.717) is 18.4 Å². The Morgan fingerprint density at radius 1 is 0.946 bits per heavy atom. The molecule has 1 atom stereocenters. The molecular weight excluding hydrogens is 480 g/mol. The van der Waals surface area contributed by atoms with Crippen molar-refractivity contribution in [3.05, 3.63) is 58.7 Å². The largest absolute Gasteiger partial charge is 0.466 e. The fraction of sp³-hybridized carbons (Fsp3) is 0.481. The standard InChI is InChI=1S/C27H34N2O8/c1-27(2,3)37-26(33)29-16-19-13-14-21(23(30)34-4)22(24(31)35-5)20(19)12-9-15-28(29)25(32)36-17-18-10-7-6-8-11-18/h6-8,10-11,13,20H,9,12,14-17H2,1-5H3. The molecule has 0 bridgehead atoms. The summed E-state index contributed by atoms with van der Waals surface area (Å²) in [6.45, 7) is 5.35. The van der Waals surface area contributed by atoms with Crippen LogP contribution in [0.2, 0.25) is 0 Å². The third-order valence-corrected chi connectivity index (χ3v) is 6.03. The number of rotatable bonds is 4. The van der Waals surface area contributed by atoms with Crippen LogP contribution in [-0.2, 0) is 35.1 Å². The molecule has 0 spiro atoms. The maximum Gasteiger partial charge on any atom is 0.429 e. The molecule has 10 heteroatoms. The van der Waals surface area contributed by atoms with Gasteiger partial charge in [0.1, 0.15) is 12.2 Å². The second-order valence-corrected chi connectivity index (χ2v) is 9.75. The lowest BCUT2D eigenvalue weighted by Crippen LogP contribution is -2.54. The van der Waals surface area contributed by atoms with Crippen LogP contribution in [0.3, 0.4) is 0 Å². The number of hydrogen-bond donors (Lipinski definition) is 0. The lowest BCUT2D eigenvalue weighted by molar-refractivity contribution is -0.140. The average molecular weight is 515 g/mol. The summed E-state index contributed by atoms with van der Waals surface area (Å²) in [4.78, 5) is 51.6. The van der Waals surface area contributed by atoms with E-state index in [1.165, 1.54) is 24.2 Å². The topological polar surface area (TPSA) is 112 Å². The predicted molar refractivity (Wildman–Crippen MR) is 133 cm³/mol. The summed E-state index contributed by atoms with van der Waals surface area (Å²) in [7, 11) is 2.51. The fourth-order valence-electron chi connectivity index (χ4n) is 4.36. The second kappa shape index (κ2) is 11.9. The number of amides is 2. The van der Waals surface area contributed by atoms with Gasteiger partial charge in [-0.05, 0) is 51.2 Å². The first kappa shape index (κ1) is 27.8. The molecule has 1 aromatic rings. The molecule has 1 saturated heterocycles. The first-order valence-corrected chi connectivity index (χ1v) is 12.1. The van der Waals surface area contributed by atoms with Gasteiger partial charge in [-0.15, -0.1) is 0 Å². The van der Waals surface area contributed by atoms with E-state index in [0.717, 1.165) is 5.56 Å². The highest BCUT2D eigenvalue weighted by molar-refractivity contribution is 6.01. The monoisotopic (exact) mass is 514 g/mol. The van der Waals surface area contributed by atoms with Crippen LogP contribution in [0.1, 0.15) is 45.6 Å². The highest BCUT2D eigenvalue weighted by Crippen LogP contribution is 2.37. The number of allylic oxidation sites excluding steroid dienone is 1. The molecule has 3 rings (SSSR count). The Kier molecular flexibility index (Phi) is 8.96. The van der Waals surface area contributed by atoms with E-state index >= 15 is 0 Å². The Morgan fingerprint density at radius 3 is 2.24 bits per heavy atom. The molecule has 200 valence electrons. The lowest BCUT2D eigenvalue weighted by atomic mass is 9.78. The van der Waals surface area contributed by atoms with E-state index in [1.807, 2.05) is 30.3 Å². The third kappa shape index (κ3) is 6.90. The average Bonchev–Trinajstić information content (AvgIpc) is 2.85. The molecule has 1 unspecified atom stereocenters. The van der Waals surface area contributed by atoms with Crippen molar-refractivity contribution in [2.45, 2.75) is 52.2 Å². The van der Waals surface area contributed by atoms with Gasteiger partial charge < -0.3 is 18.9 Å². The fourth-order valence-corrected chi connectivity index (χ4v) is 4.36. The number of carbonyl (C=O) groups is 4. The SMILES string of the molecule is COC(=O)C1=C(C(=O)OC)C2CCCN(C(=O)OCc3ccccc3)N(C(=O)OC(C)(C)C)CC2=CC1. The molecule has 1 aromatic carbocycles. The van der Waals surface area contributed by atoms with Crippen molar-refractivity contribution < 1.29 is 38.1 Å². The summed E-state index contributed by atoms with van der Waals surface area (Å²) in [6, 6.07) is 9.23. The molecule has 1 aliphatic heterocycles. The van der Waals surface area contributed by atoms with Crippen LogP contribution in [0.15, 0.2) is 53.1 Å². The van der Waals surface area contributed by atoms with Gasteiger partial charge >= 0.3 is 24.1 Å². The van der Waals surface area contributed by atoms with Crippen molar-refractivity contribution in [2.75, 3.05) is 27.3 Å². The molecule has 1 fully saturated rings. The third-order valence-electron chi connectivity index (χ3n) is 6.03. The molecule has 0 radical (unpaired) electrons. The van der Waals surface area contributed by atoms with Crippen molar-refractivity contribution in [1.82, 2.24) is 10.0 Å². The van der Waals surface area contributed by atoms with Gasteiger partial charge in [-0.1, -0.05) is 36.4 Å². The molecule has 0 saturated carbocycles. The van der Waals surface area contributed by atoms with Crippen LogP contribution < -0.4 is 0 Å². The summed E-state index contributed by atoms with van der Waals surface area (Å²) in [5, 5.41) is 2.44. The normalized spacial score (nSPS) is 18.1. The molecular formula is C27H34N2O8. The Morgan fingerprint density at radius 2 is 1.62 bits per heavy atom. The van der Waals surface area contributed by atoms with Gasteiger partial charge in [0.15, 0.2) is 0 Å². The number of methoxy groups -OCH3 is 2. The van der Waals surface area contributed by atoms with Gasteiger partial charge in [0.2, 0.25) is 0 Å². The molecule has 1 aliphatic carbocycles. The van der Waals surface area contributed by atoms with Crippen LogP contribution in [-0.4, -0.2) is 67.1 Å². The zero-order chi connectivity index (χ0) is 27.2. The van der Waals surface area contributed by atoms with Crippen LogP contribution in [0.5, 0.6) is 0 Å². The number of hydrogen-bond acceptors (Lipinski definition) is 8. The van der Waals surface area contributed by atoms with E-state index in [4.69, 9.17) is 18.9 Å². The quantitative estimate of drug-likeness (QED) is 0.335. The first-order valence-electron chi connectivity index (χ1n) is 12.1. The molecule has 2 amide bonds. The number of fused-ring (bicyclic) bond motifs is 1. The van der Waals surface area contributed by atoms with Crippen molar-refractivity contribution in [1.29, 1.82) is 0 Å². The van der Waals surface area contributed by atoms with Gasteiger partial charge in [0.25, 0.3) is 0 Å². The Balaban J connectivity index is 1.92. The zero-order valence-electron chi connectivity index (χ0n) is 21.9. The van der Waals surface area contributed by atoms with Crippen molar-refractivity contribution in [2.24, 2.45) is 5.92 Å². The molecule has 10 nitrogen and oxygen atoms in total.